The summed E-state index contributed by atoms with van der Waals surface area (Å²) in [5.74, 6) is 0.351. The third kappa shape index (κ3) is 2.84. The normalized spacial score (nSPS) is 19.3. The van der Waals surface area contributed by atoms with E-state index >= 15 is 0 Å². The number of hydrogen-bond acceptors (Lipinski definition) is 3. The van der Waals surface area contributed by atoms with Crippen molar-refractivity contribution in [1.29, 1.82) is 0 Å². The van der Waals surface area contributed by atoms with Crippen LogP contribution in [0.25, 0.3) is 5.65 Å². The van der Waals surface area contributed by atoms with Gasteiger partial charge in [0.25, 0.3) is 0 Å². The van der Waals surface area contributed by atoms with E-state index in [-0.39, 0.29) is 11.6 Å². The zero-order valence-electron chi connectivity index (χ0n) is 14.4. The summed E-state index contributed by atoms with van der Waals surface area (Å²) in [7, 11) is 0. The minimum Gasteiger partial charge on any atom is -0.319 e. The first-order valence-electron chi connectivity index (χ1n) is 8.46. The fourth-order valence-corrected chi connectivity index (χ4v) is 3.65. The molecule has 2 aromatic heterocycles. The van der Waals surface area contributed by atoms with Crippen molar-refractivity contribution < 1.29 is 4.79 Å². The highest BCUT2D eigenvalue weighted by atomic mass is 16.2. The van der Waals surface area contributed by atoms with Crippen LogP contribution in [-0.4, -0.2) is 37.6 Å². The molecule has 1 aliphatic rings. The zero-order chi connectivity index (χ0) is 17.4. The summed E-state index contributed by atoms with van der Waals surface area (Å²) < 4.78 is 1.65. The van der Waals surface area contributed by atoms with E-state index in [9.17, 15) is 4.79 Å². The second-order valence-electron chi connectivity index (χ2n) is 7.11. The molecule has 1 aliphatic heterocycles. The molecule has 1 aromatic carbocycles. The van der Waals surface area contributed by atoms with Crippen molar-refractivity contribution >= 4 is 17.4 Å². The van der Waals surface area contributed by atoms with Gasteiger partial charge >= 0.3 is 6.03 Å². The maximum absolute atomic E-state index is 12.9. The first-order valence-corrected chi connectivity index (χ1v) is 8.46. The molecule has 1 saturated heterocycles. The van der Waals surface area contributed by atoms with Gasteiger partial charge in [-0.3, -0.25) is 0 Å². The molecule has 6 heteroatoms. The zero-order valence-corrected chi connectivity index (χ0v) is 14.4. The number of fused-ring (bicyclic) bond motifs is 1. The molecule has 2 amide bonds. The lowest BCUT2D eigenvalue weighted by Gasteiger charge is -2.31. The van der Waals surface area contributed by atoms with Gasteiger partial charge in [-0.1, -0.05) is 30.3 Å². The predicted octanol–water partition coefficient (Wildman–Crippen LogP) is 3.53. The van der Waals surface area contributed by atoms with Crippen LogP contribution in [-0.2, 0) is 0 Å². The quantitative estimate of drug-likeness (QED) is 0.779. The Morgan fingerprint density at radius 2 is 2.04 bits per heavy atom. The van der Waals surface area contributed by atoms with Gasteiger partial charge in [0, 0.05) is 30.4 Å². The van der Waals surface area contributed by atoms with E-state index < -0.39 is 0 Å². The van der Waals surface area contributed by atoms with Crippen molar-refractivity contribution in [3.8, 4) is 0 Å². The minimum atomic E-state index is -0.207. The van der Waals surface area contributed by atoms with E-state index in [0.29, 0.717) is 23.8 Å². The molecule has 1 atom stereocenters. The topological polar surface area (TPSA) is 62.5 Å². The Kier molecular flexibility index (Phi) is 3.67. The molecule has 0 spiro atoms. The van der Waals surface area contributed by atoms with E-state index in [1.54, 1.807) is 23.0 Å². The Hall–Kier alpha value is -2.89. The summed E-state index contributed by atoms with van der Waals surface area (Å²) in [6.45, 7) is 4.93. The van der Waals surface area contributed by atoms with Gasteiger partial charge in [0.05, 0.1) is 6.20 Å². The molecule has 1 N–H and O–H groups in total. The average Bonchev–Trinajstić information content (AvgIpc) is 3.16. The molecule has 0 aliphatic carbocycles. The molecule has 1 unspecified atom stereocenters. The highest BCUT2D eigenvalue weighted by Crippen LogP contribution is 2.38. The third-order valence-electron chi connectivity index (χ3n) is 4.92. The van der Waals surface area contributed by atoms with Gasteiger partial charge in [-0.05, 0) is 31.9 Å². The Bertz CT molecular complexity index is 902. The number of urea groups is 1. The fraction of sp³-hybridized carbons (Fsp3) is 0.316. The summed E-state index contributed by atoms with van der Waals surface area (Å²) in [5.41, 5.74) is 2.35. The molecule has 3 aromatic rings. The number of nitrogens with zero attached hydrogens (tertiary/aromatic N) is 4. The first kappa shape index (κ1) is 15.6. The lowest BCUT2D eigenvalue weighted by atomic mass is 9.91. The smallest absolute Gasteiger partial charge is 0.319 e. The average molecular weight is 335 g/mol. The number of likely N-dealkylation sites (tertiary alicyclic amines) is 1. The standard InChI is InChI=1S/C19H21N5O/c1-19(2)11-15(14-7-4-3-5-8-14)13-23(19)18(25)22-16-12-21-24-10-6-9-20-17(16)24/h3-10,12,15H,11,13H2,1-2H3,(H,22,25). The number of carbonyl (C=O) groups excluding carboxylic acids is 1. The molecule has 128 valence electrons. The van der Waals surface area contributed by atoms with Crippen molar-refractivity contribution in [2.45, 2.75) is 31.7 Å². The molecule has 25 heavy (non-hydrogen) atoms. The first-order chi connectivity index (χ1) is 12.0. The number of aromatic nitrogens is 3. The number of hydrogen-bond donors (Lipinski definition) is 1. The van der Waals surface area contributed by atoms with E-state index in [2.05, 4.69) is 53.5 Å². The molecule has 0 bridgehead atoms. The summed E-state index contributed by atoms with van der Waals surface area (Å²) in [4.78, 5) is 19.1. The summed E-state index contributed by atoms with van der Waals surface area (Å²) in [6.07, 6.45) is 6.08. The molecule has 4 rings (SSSR count). The highest BCUT2D eigenvalue weighted by molar-refractivity contribution is 5.93. The Morgan fingerprint density at radius 3 is 2.84 bits per heavy atom. The van der Waals surface area contributed by atoms with Gasteiger partial charge in [0.1, 0.15) is 5.69 Å². The van der Waals surface area contributed by atoms with Crippen LogP contribution in [0.2, 0.25) is 0 Å². The molecule has 6 nitrogen and oxygen atoms in total. The van der Waals surface area contributed by atoms with E-state index in [4.69, 9.17) is 0 Å². The number of amides is 2. The maximum Gasteiger partial charge on any atom is 0.322 e. The highest BCUT2D eigenvalue weighted by Gasteiger charge is 2.41. The predicted molar refractivity (Wildman–Crippen MR) is 96.6 cm³/mol. The van der Waals surface area contributed by atoms with Crippen molar-refractivity contribution in [2.75, 3.05) is 11.9 Å². The number of benzene rings is 1. The van der Waals surface area contributed by atoms with Gasteiger partial charge in [0.2, 0.25) is 0 Å². The lowest BCUT2D eigenvalue weighted by molar-refractivity contribution is 0.178. The van der Waals surface area contributed by atoms with Crippen LogP contribution in [0.1, 0.15) is 31.7 Å². The largest absolute Gasteiger partial charge is 0.322 e. The molecular weight excluding hydrogens is 314 g/mol. The Balaban J connectivity index is 1.55. The summed E-state index contributed by atoms with van der Waals surface area (Å²) >= 11 is 0. The van der Waals surface area contributed by atoms with Crippen molar-refractivity contribution in [3.63, 3.8) is 0 Å². The van der Waals surface area contributed by atoms with Crippen LogP contribution in [0.4, 0.5) is 10.5 Å². The SMILES string of the molecule is CC1(C)CC(c2ccccc2)CN1C(=O)Nc1cnn2cccnc12. The van der Waals surface area contributed by atoms with Crippen LogP contribution < -0.4 is 5.32 Å². The number of nitrogens with one attached hydrogen (secondary N) is 1. The van der Waals surface area contributed by atoms with E-state index in [0.717, 1.165) is 6.42 Å². The minimum absolute atomic E-state index is 0.107. The molecular formula is C19H21N5O. The monoisotopic (exact) mass is 335 g/mol. The van der Waals surface area contributed by atoms with Gasteiger partial charge < -0.3 is 10.2 Å². The van der Waals surface area contributed by atoms with E-state index in [1.165, 1.54) is 5.56 Å². The second-order valence-corrected chi connectivity index (χ2v) is 7.11. The van der Waals surface area contributed by atoms with Crippen LogP contribution in [0, 0.1) is 0 Å². The van der Waals surface area contributed by atoms with Crippen molar-refractivity contribution in [3.05, 3.63) is 60.6 Å². The Morgan fingerprint density at radius 1 is 1.24 bits per heavy atom. The van der Waals surface area contributed by atoms with Crippen LogP contribution in [0.5, 0.6) is 0 Å². The number of carbonyl (C=O) groups is 1. The van der Waals surface area contributed by atoms with Gasteiger partial charge in [0.15, 0.2) is 5.65 Å². The maximum atomic E-state index is 12.9. The number of rotatable bonds is 2. The molecule has 3 heterocycles. The molecule has 0 saturated carbocycles. The van der Waals surface area contributed by atoms with Crippen molar-refractivity contribution in [1.82, 2.24) is 19.5 Å². The van der Waals surface area contributed by atoms with Gasteiger partial charge in [-0.25, -0.2) is 14.3 Å². The number of anilines is 1. The lowest BCUT2D eigenvalue weighted by Crippen LogP contribution is -2.45. The van der Waals surface area contributed by atoms with Gasteiger partial charge in [-0.15, -0.1) is 0 Å². The summed E-state index contributed by atoms with van der Waals surface area (Å²) in [5, 5.41) is 7.19. The molecule has 1 fully saturated rings. The Labute approximate surface area is 146 Å². The van der Waals surface area contributed by atoms with Crippen LogP contribution in [0.15, 0.2) is 55.0 Å². The van der Waals surface area contributed by atoms with E-state index in [1.807, 2.05) is 17.2 Å². The van der Waals surface area contributed by atoms with Crippen molar-refractivity contribution in [2.24, 2.45) is 0 Å². The molecule has 0 radical (unpaired) electrons. The fourth-order valence-electron chi connectivity index (χ4n) is 3.65. The van der Waals surface area contributed by atoms with Crippen LogP contribution in [0.3, 0.4) is 0 Å². The van der Waals surface area contributed by atoms with Gasteiger partial charge in [-0.2, -0.15) is 5.10 Å². The second kappa shape index (κ2) is 5.88. The van der Waals surface area contributed by atoms with Crippen LogP contribution >= 0.6 is 0 Å². The summed E-state index contributed by atoms with van der Waals surface area (Å²) in [6, 6.07) is 12.1. The third-order valence-corrected chi connectivity index (χ3v) is 4.92.